The lowest BCUT2D eigenvalue weighted by Crippen LogP contribution is -2.53. The van der Waals surface area contributed by atoms with Gasteiger partial charge >= 0.3 is 0 Å². The van der Waals surface area contributed by atoms with Gasteiger partial charge in [0.05, 0.1) is 6.10 Å². The highest BCUT2D eigenvalue weighted by molar-refractivity contribution is 5.28. The van der Waals surface area contributed by atoms with E-state index in [1.165, 1.54) is 38.5 Å². The van der Waals surface area contributed by atoms with Crippen LogP contribution in [0.4, 0.5) is 0 Å². The van der Waals surface area contributed by atoms with E-state index < -0.39 is 0 Å². The summed E-state index contributed by atoms with van der Waals surface area (Å²) in [5.74, 6) is 1.39. The van der Waals surface area contributed by atoms with Gasteiger partial charge in [0.15, 0.2) is 0 Å². The summed E-state index contributed by atoms with van der Waals surface area (Å²) >= 11 is 0. The summed E-state index contributed by atoms with van der Waals surface area (Å²) in [4.78, 5) is 0. The predicted octanol–water partition coefficient (Wildman–Crippen LogP) is 5.50. The SMILES string of the molecule is C=C[C@@]1(C)CC=C2[C@@H](CC[C@H]3[C@@]2(C)CCC[C@@]3(C)C(C)O)C1. The molecular formula is C21H34O. The minimum Gasteiger partial charge on any atom is -0.393 e. The molecule has 124 valence electrons. The second kappa shape index (κ2) is 5.23. The number of hydrogen-bond acceptors (Lipinski definition) is 1. The lowest BCUT2D eigenvalue weighted by Gasteiger charge is -2.60. The molecule has 0 bridgehead atoms. The van der Waals surface area contributed by atoms with Crippen LogP contribution in [-0.4, -0.2) is 11.2 Å². The minimum absolute atomic E-state index is 0.0952. The van der Waals surface area contributed by atoms with E-state index in [-0.39, 0.29) is 11.5 Å². The number of aliphatic hydroxyl groups is 1. The first-order chi connectivity index (χ1) is 10.3. The molecule has 0 aromatic heterocycles. The normalized spacial score (nSPS) is 49.6. The van der Waals surface area contributed by atoms with Gasteiger partial charge in [0.2, 0.25) is 0 Å². The first-order valence-corrected chi connectivity index (χ1v) is 9.27. The van der Waals surface area contributed by atoms with E-state index >= 15 is 0 Å². The number of hydrogen-bond donors (Lipinski definition) is 1. The van der Waals surface area contributed by atoms with Gasteiger partial charge in [0.25, 0.3) is 0 Å². The van der Waals surface area contributed by atoms with Gasteiger partial charge in [-0.05, 0) is 73.5 Å². The van der Waals surface area contributed by atoms with Crippen molar-refractivity contribution in [3.05, 3.63) is 24.3 Å². The highest BCUT2D eigenvalue weighted by Gasteiger charge is 2.56. The Labute approximate surface area is 136 Å². The Kier molecular flexibility index (Phi) is 3.87. The number of rotatable bonds is 2. The van der Waals surface area contributed by atoms with Crippen LogP contribution >= 0.6 is 0 Å². The molecule has 22 heavy (non-hydrogen) atoms. The lowest BCUT2D eigenvalue weighted by atomic mass is 9.45. The summed E-state index contributed by atoms with van der Waals surface area (Å²) in [6.45, 7) is 13.3. The Balaban J connectivity index is 1.98. The molecule has 0 spiro atoms. The molecule has 6 atom stereocenters. The molecule has 2 fully saturated rings. The summed E-state index contributed by atoms with van der Waals surface area (Å²) < 4.78 is 0. The summed E-state index contributed by atoms with van der Waals surface area (Å²) in [7, 11) is 0. The minimum atomic E-state index is -0.198. The van der Waals surface area contributed by atoms with Gasteiger partial charge in [0.1, 0.15) is 0 Å². The lowest BCUT2D eigenvalue weighted by molar-refractivity contribution is -0.0918. The smallest absolute Gasteiger partial charge is 0.0568 e. The topological polar surface area (TPSA) is 20.2 Å². The third-order valence-electron chi connectivity index (χ3n) is 7.83. The fourth-order valence-corrected chi connectivity index (χ4v) is 6.16. The zero-order valence-electron chi connectivity index (χ0n) is 15.0. The van der Waals surface area contributed by atoms with Gasteiger partial charge in [-0.25, -0.2) is 0 Å². The van der Waals surface area contributed by atoms with Crippen molar-refractivity contribution in [2.45, 2.75) is 78.7 Å². The van der Waals surface area contributed by atoms with E-state index in [4.69, 9.17) is 0 Å². The number of aliphatic hydroxyl groups excluding tert-OH is 1. The molecule has 0 aliphatic heterocycles. The Morgan fingerprint density at radius 1 is 1.27 bits per heavy atom. The molecule has 0 heterocycles. The molecule has 0 aromatic carbocycles. The van der Waals surface area contributed by atoms with Crippen LogP contribution in [0.5, 0.6) is 0 Å². The fourth-order valence-electron chi connectivity index (χ4n) is 6.16. The maximum Gasteiger partial charge on any atom is 0.0568 e. The van der Waals surface area contributed by atoms with Gasteiger partial charge in [0, 0.05) is 0 Å². The molecule has 1 nitrogen and oxygen atoms in total. The Hall–Kier alpha value is -0.560. The molecule has 3 aliphatic rings. The van der Waals surface area contributed by atoms with E-state index in [9.17, 15) is 5.11 Å². The van der Waals surface area contributed by atoms with Crippen molar-refractivity contribution >= 4 is 0 Å². The van der Waals surface area contributed by atoms with Crippen LogP contribution < -0.4 is 0 Å². The van der Waals surface area contributed by atoms with Crippen molar-refractivity contribution in [1.82, 2.24) is 0 Å². The summed E-state index contributed by atoms with van der Waals surface area (Å²) in [6.07, 6.45) is 13.3. The zero-order chi connectivity index (χ0) is 16.2. The predicted molar refractivity (Wildman–Crippen MR) is 93.6 cm³/mol. The maximum absolute atomic E-state index is 10.5. The standard InChI is InChI=1S/C21H34O/c1-6-19(3)13-10-17-16(14-19)8-9-18-20(4,15(2)22)11-7-12-21(17,18)5/h6,10,15-16,18,22H,1,7-9,11-14H2,2-5H3/t15?,16-,18+,19-,20-,21-/m0/s1. The van der Waals surface area contributed by atoms with Gasteiger partial charge in [-0.1, -0.05) is 44.9 Å². The molecule has 1 heteroatoms. The molecule has 3 aliphatic carbocycles. The van der Waals surface area contributed by atoms with Crippen LogP contribution in [0.2, 0.25) is 0 Å². The molecule has 1 N–H and O–H groups in total. The first-order valence-electron chi connectivity index (χ1n) is 9.27. The first kappa shape index (κ1) is 16.3. The monoisotopic (exact) mass is 302 g/mol. The van der Waals surface area contributed by atoms with Crippen molar-refractivity contribution in [3.63, 3.8) is 0 Å². The van der Waals surface area contributed by atoms with Crippen molar-refractivity contribution in [1.29, 1.82) is 0 Å². The van der Waals surface area contributed by atoms with Gasteiger partial charge in [-0.3, -0.25) is 0 Å². The van der Waals surface area contributed by atoms with Crippen LogP contribution in [0.3, 0.4) is 0 Å². The highest BCUT2D eigenvalue weighted by Crippen LogP contribution is 2.64. The zero-order valence-corrected chi connectivity index (χ0v) is 15.0. The fraction of sp³-hybridized carbons (Fsp3) is 0.810. The van der Waals surface area contributed by atoms with Crippen LogP contribution in [-0.2, 0) is 0 Å². The highest BCUT2D eigenvalue weighted by atomic mass is 16.3. The van der Waals surface area contributed by atoms with E-state index in [2.05, 4.69) is 39.5 Å². The Bertz CT molecular complexity index is 490. The molecule has 0 aromatic rings. The molecule has 3 rings (SSSR count). The van der Waals surface area contributed by atoms with Crippen molar-refractivity contribution in [3.8, 4) is 0 Å². The maximum atomic E-state index is 10.5. The second-order valence-electron chi connectivity index (χ2n) is 9.21. The summed E-state index contributed by atoms with van der Waals surface area (Å²) in [5.41, 5.74) is 2.43. The van der Waals surface area contributed by atoms with E-state index in [0.717, 1.165) is 12.3 Å². The molecule has 0 saturated heterocycles. The number of fused-ring (bicyclic) bond motifs is 3. The quantitative estimate of drug-likeness (QED) is 0.667. The molecular weight excluding hydrogens is 268 g/mol. The largest absolute Gasteiger partial charge is 0.393 e. The van der Waals surface area contributed by atoms with Crippen molar-refractivity contribution < 1.29 is 5.11 Å². The van der Waals surface area contributed by atoms with Gasteiger partial charge in [-0.15, -0.1) is 6.58 Å². The van der Waals surface area contributed by atoms with Crippen LogP contribution in [0.1, 0.15) is 72.6 Å². The molecule has 1 unspecified atom stereocenters. The van der Waals surface area contributed by atoms with Crippen LogP contribution in [0, 0.1) is 28.1 Å². The van der Waals surface area contributed by atoms with Crippen LogP contribution in [0.25, 0.3) is 0 Å². The average Bonchev–Trinajstić information content (AvgIpc) is 2.46. The molecule has 0 amide bonds. The summed E-state index contributed by atoms with van der Waals surface area (Å²) in [5, 5.41) is 10.5. The molecule has 2 saturated carbocycles. The average molecular weight is 303 g/mol. The second-order valence-corrected chi connectivity index (χ2v) is 9.21. The van der Waals surface area contributed by atoms with Crippen LogP contribution in [0.15, 0.2) is 24.3 Å². The van der Waals surface area contributed by atoms with Gasteiger partial charge in [-0.2, -0.15) is 0 Å². The Morgan fingerprint density at radius 2 is 2.00 bits per heavy atom. The number of allylic oxidation sites excluding steroid dienone is 3. The van der Waals surface area contributed by atoms with E-state index in [1.54, 1.807) is 5.57 Å². The van der Waals surface area contributed by atoms with Gasteiger partial charge < -0.3 is 5.11 Å². The van der Waals surface area contributed by atoms with E-state index in [1.807, 2.05) is 6.92 Å². The van der Waals surface area contributed by atoms with Crippen molar-refractivity contribution in [2.75, 3.05) is 0 Å². The van der Waals surface area contributed by atoms with Crippen molar-refractivity contribution in [2.24, 2.45) is 28.1 Å². The molecule has 0 radical (unpaired) electrons. The third kappa shape index (κ3) is 2.23. The third-order valence-corrected chi connectivity index (χ3v) is 7.83. The Morgan fingerprint density at radius 3 is 2.64 bits per heavy atom. The summed E-state index contributed by atoms with van der Waals surface area (Å²) in [6, 6.07) is 0. The van der Waals surface area contributed by atoms with E-state index in [0.29, 0.717) is 16.7 Å².